The van der Waals surface area contributed by atoms with Gasteiger partial charge in [0.05, 0.1) is 32.2 Å². The number of aryl methyl sites for hydroxylation is 1. The fourth-order valence-corrected chi connectivity index (χ4v) is 7.36. The molecule has 0 spiro atoms. The average molecular weight is 609 g/mol. The van der Waals surface area contributed by atoms with Crippen LogP contribution >= 0.6 is 22.7 Å². The van der Waals surface area contributed by atoms with Gasteiger partial charge in [0.1, 0.15) is 5.75 Å². The predicted octanol–water partition coefficient (Wildman–Crippen LogP) is 5.99. The molecule has 0 radical (unpaired) electrons. The van der Waals surface area contributed by atoms with Crippen molar-refractivity contribution in [1.29, 1.82) is 0 Å². The van der Waals surface area contributed by atoms with E-state index >= 15 is 0 Å². The van der Waals surface area contributed by atoms with Gasteiger partial charge in [-0.2, -0.15) is 0 Å². The zero-order valence-electron chi connectivity index (χ0n) is 22.2. The minimum absolute atomic E-state index is 0.131. The molecule has 5 aromatic rings. The Morgan fingerprint density at radius 2 is 1.81 bits per heavy atom. The van der Waals surface area contributed by atoms with Gasteiger partial charge in [-0.1, -0.05) is 53.8 Å². The predicted molar refractivity (Wildman–Crippen MR) is 163 cm³/mol. The quantitative estimate of drug-likeness (QED) is 0.172. The summed E-state index contributed by atoms with van der Waals surface area (Å²) in [6.07, 6.45) is 3.45. The molecule has 0 amide bonds. The molecule has 0 unspecified atom stereocenters. The molecule has 12 heteroatoms. The summed E-state index contributed by atoms with van der Waals surface area (Å²) in [6, 6.07) is 22.1. The summed E-state index contributed by atoms with van der Waals surface area (Å²) < 4.78 is 8.05. The van der Waals surface area contributed by atoms with Crippen molar-refractivity contribution in [3.05, 3.63) is 151 Å². The monoisotopic (exact) mass is 608 g/mol. The summed E-state index contributed by atoms with van der Waals surface area (Å²) in [5, 5.41) is 24.7. The Kier molecular flexibility index (Phi) is 6.56. The van der Waals surface area contributed by atoms with Gasteiger partial charge in [0.2, 0.25) is 5.75 Å². The first kappa shape index (κ1) is 26.7. The van der Waals surface area contributed by atoms with Crippen molar-refractivity contribution >= 4 is 45.8 Å². The number of non-ortho nitro benzene ring substituents is 1. The van der Waals surface area contributed by atoms with E-state index in [1.54, 1.807) is 46.2 Å². The van der Waals surface area contributed by atoms with Crippen molar-refractivity contribution in [2.24, 2.45) is 4.99 Å². The van der Waals surface area contributed by atoms with Gasteiger partial charge in [-0.3, -0.25) is 29.6 Å². The van der Waals surface area contributed by atoms with Gasteiger partial charge in [-0.05, 0) is 65.3 Å². The molecular weight excluding hydrogens is 588 g/mol. The molecule has 0 saturated carbocycles. The highest BCUT2D eigenvalue weighted by atomic mass is 32.1. The fourth-order valence-electron chi connectivity index (χ4n) is 5.51. The number of hydrogen-bond acceptors (Lipinski definition) is 9. The average Bonchev–Trinajstić information content (AvgIpc) is 3.64. The topological polar surface area (TPSA) is 130 Å². The number of rotatable bonds is 6. The van der Waals surface area contributed by atoms with Gasteiger partial charge >= 0.3 is 5.69 Å². The highest BCUT2D eigenvalue weighted by Crippen LogP contribution is 2.42. The number of fused-ring (bicyclic) bond motifs is 3. The first-order valence-corrected chi connectivity index (χ1v) is 14.9. The van der Waals surface area contributed by atoms with Crippen LogP contribution in [0.2, 0.25) is 0 Å². The molecule has 2 aliphatic rings. The second-order valence-electron chi connectivity index (χ2n) is 9.97. The van der Waals surface area contributed by atoms with Crippen LogP contribution in [0.3, 0.4) is 0 Å². The van der Waals surface area contributed by atoms with E-state index in [9.17, 15) is 25.0 Å². The number of nitro groups is 2. The summed E-state index contributed by atoms with van der Waals surface area (Å²) in [6.45, 7) is 0. The van der Waals surface area contributed by atoms with Crippen LogP contribution in [0, 0.1) is 20.2 Å². The number of aromatic nitrogens is 1. The zero-order chi connectivity index (χ0) is 29.7. The van der Waals surface area contributed by atoms with Crippen LogP contribution in [0.25, 0.3) is 11.8 Å². The highest BCUT2D eigenvalue weighted by Gasteiger charge is 2.33. The molecule has 10 nitrogen and oxygen atoms in total. The molecule has 3 aromatic carbocycles. The van der Waals surface area contributed by atoms with Gasteiger partial charge in [-0.25, -0.2) is 4.99 Å². The number of nitro benzene ring substituents is 2. The molecule has 212 valence electrons. The van der Waals surface area contributed by atoms with Gasteiger partial charge < -0.3 is 4.74 Å². The van der Waals surface area contributed by atoms with Crippen LogP contribution in [0.4, 0.5) is 11.4 Å². The molecule has 1 aliphatic carbocycles. The maximum absolute atomic E-state index is 13.9. The first-order chi connectivity index (χ1) is 20.9. The van der Waals surface area contributed by atoms with E-state index in [0.29, 0.717) is 14.9 Å². The third kappa shape index (κ3) is 4.76. The summed E-state index contributed by atoms with van der Waals surface area (Å²) in [5.41, 5.74) is 4.00. The van der Waals surface area contributed by atoms with E-state index in [1.165, 1.54) is 23.0 Å². The summed E-state index contributed by atoms with van der Waals surface area (Å²) in [5.74, 6) is 0.149. The van der Waals surface area contributed by atoms with Crippen molar-refractivity contribution in [3.8, 4) is 11.5 Å². The van der Waals surface area contributed by atoms with Gasteiger partial charge in [-0.15, -0.1) is 11.3 Å². The SMILES string of the molecule is O=c1/c(=C/c2cccc(Oc3ccc([N+](=O)[O-])cc3[N+](=O)[O-])c2)sc2n1[C@@H](c1cccs1)C1=C(N=2)c2ccccc2CC1. The lowest BCUT2D eigenvalue weighted by Gasteiger charge is -2.30. The lowest BCUT2D eigenvalue weighted by molar-refractivity contribution is -0.394. The number of hydrogen-bond donors (Lipinski definition) is 0. The largest absolute Gasteiger partial charge is 0.450 e. The summed E-state index contributed by atoms with van der Waals surface area (Å²) >= 11 is 2.93. The Hall–Kier alpha value is -5.20. The molecule has 1 atom stereocenters. The van der Waals surface area contributed by atoms with Crippen molar-refractivity contribution in [3.63, 3.8) is 0 Å². The fraction of sp³-hybridized carbons (Fsp3) is 0.0968. The Labute approximate surface area is 251 Å². The number of thiophene rings is 1. The lowest BCUT2D eigenvalue weighted by Crippen LogP contribution is -2.38. The molecule has 43 heavy (non-hydrogen) atoms. The van der Waals surface area contributed by atoms with E-state index in [4.69, 9.17) is 9.73 Å². The molecule has 0 saturated heterocycles. The lowest BCUT2D eigenvalue weighted by atomic mass is 9.85. The number of allylic oxidation sites excluding steroid dienone is 1. The van der Waals surface area contributed by atoms with E-state index in [1.807, 2.05) is 23.6 Å². The minimum Gasteiger partial charge on any atom is -0.450 e. The van der Waals surface area contributed by atoms with E-state index < -0.39 is 21.2 Å². The third-order valence-electron chi connectivity index (χ3n) is 7.42. The normalized spacial score (nSPS) is 15.7. The maximum Gasteiger partial charge on any atom is 0.318 e. The van der Waals surface area contributed by atoms with E-state index in [2.05, 4.69) is 18.2 Å². The number of thiazole rings is 1. The molecule has 3 heterocycles. The number of ether oxygens (including phenoxy) is 1. The van der Waals surface area contributed by atoms with E-state index in [-0.39, 0.29) is 23.1 Å². The van der Waals surface area contributed by atoms with Crippen LogP contribution in [-0.4, -0.2) is 14.4 Å². The van der Waals surface area contributed by atoms with Crippen LogP contribution in [-0.2, 0) is 6.42 Å². The van der Waals surface area contributed by atoms with Crippen molar-refractivity contribution in [1.82, 2.24) is 4.57 Å². The standard InChI is InChI=1S/C31H20N4O6S2/c36-30-27(16-18-5-3-7-21(15-18)41-25-13-11-20(34(37)38)17-24(25)35(39)40)43-31-32-28-22-8-2-1-6-19(22)10-12-23(28)29(33(30)31)26-9-4-14-42-26/h1-9,11,13-17,29H,10,12H2/b27-16-/t29-/m1/s1. The molecule has 1 aliphatic heterocycles. The molecule has 2 aromatic heterocycles. The van der Waals surface area contributed by atoms with E-state index in [0.717, 1.165) is 46.7 Å². The second kappa shape index (κ2) is 10.6. The van der Waals surface area contributed by atoms with Gasteiger partial charge in [0.25, 0.3) is 11.2 Å². The van der Waals surface area contributed by atoms with Gasteiger partial charge in [0.15, 0.2) is 4.80 Å². The Bertz CT molecular complexity index is 2160. The molecule has 7 rings (SSSR count). The smallest absolute Gasteiger partial charge is 0.318 e. The maximum atomic E-state index is 13.9. The van der Waals surface area contributed by atoms with Crippen molar-refractivity contribution < 1.29 is 14.6 Å². The summed E-state index contributed by atoms with van der Waals surface area (Å²) in [7, 11) is 0. The molecule has 0 bridgehead atoms. The molecule has 0 N–H and O–H groups in total. The third-order valence-corrected chi connectivity index (χ3v) is 9.33. The van der Waals surface area contributed by atoms with Crippen LogP contribution < -0.4 is 19.6 Å². The number of benzene rings is 3. The van der Waals surface area contributed by atoms with Crippen LogP contribution in [0.5, 0.6) is 11.5 Å². The first-order valence-electron chi connectivity index (χ1n) is 13.2. The zero-order valence-corrected chi connectivity index (χ0v) is 23.8. The Morgan fingerprint density at radius 1 is 0.953 bits per heavy atom. The van der Waals surface area contributed by atoms with Crippen LogP contribution in [0.15, 0.2) is 99.6 Å². The highest BCUT2D eigenvalue weighted by molar-refractivity contribution is 7.10. The summed E-state index contributed by atoms with van der Waals surface area (Å²) in [4.78, 5) is 41.9. The van der Waals surface area contributed by atoms with Crippen molar-refractivity contribution in [2.75, 3.05) is 0 Å². The van der Waals surface area contributed by atoms with Gasteiger partial charge in [0, 0.05) is 16.5 Å². The second-order valence-corrected chi connectivity index (χ2v) is 12.0. The minimum atomic E-state index is -0.727. The molecule has 0 fully saturated rings. The Morgan fingerprint density at radius 3 is 2.60 bits per heavy atom. The molecular formula is C31H20N4O6S2. The Balaban J connectivity index is 1.31. The van der Waals surface area contributed by atoms with Crippen LogP contribution in [0.1, 0.15) is 34.0 Å². The van der Waals surface area contributed by atoms with Crippen molar-refractivity contribution in [2.45, 2.75) is 18.9 Å². The number of nitrogens with zero attached hydrogens (tertiary/aromatic N) is 4.